The van der Waals surface area contributed by atoms with E-state index in [1.165, 1.54) is 0 Å². The molecule has 3 heterocycles. The fraction of sp³-hybridized carbons (Fsp3) is 0.444. The topological polar surface area (TPSA) is 88.0 Å². The molecule has 0 amide bonds. The number of rotatable bonds is 5. The summed E-state index contributed by atoms with van der Waals surface area (Å²) in [6.45, 7) is 5.70. The van der Waals surface area contributed by atoms with Crippen molar-refractivity contribution in [1.82, 2.24) is 15.0 Å². The first-order chi connectivity index (χ1) is 13.8. The van der Waals surface area contributed by atoms with Gasteiger partial charge in [-0.25, -0.2) is 5.43 Å². The number of ether oxygens (including phenoxy) is 2. The van der Waals surface area contributed by atoms with E-state index in [0.29, 0.717) is 44.3 Å². The van der Waals surface area contributed by atoms with Gasteiger partial charge in [-0.1, -0.05) is 34.1 Å². The largest absolute Gasteiger partial charge is 0.378 e. The summed E-state index contributed by atoms with van der Waals surface area (Å²) in [4.78, 5) is 18.0. The minimum Gasteiger partial charge on any atom is -0.378 e. The third-order valence-corrected chi connectivity index (χ3v) is 5.20. The SMILES string of the molecule is Brc1ccccc1/C=N/Nc1nc(N2CCOCC2)nc(N2CCOCC2)n1. The van der Waals surface area contributed by atoms with Gasteiger partial charge in [0.2, 0.25) is 17.8 Å². The van der Waals surface area contributed by atoms with Crippen LogP contribution < -0.4 is 15.2 Å². The van der Waals surface area contributed by atoms with Crippen LogP contribution in [0.15, 0.2) is 33.8 Å². The van der Waals surface area contributed by atoms with Crippen LogP contribution >= 0.6 is 15.9 Å². The second-order valence-corrected chi connectivity index (χ2v) is 7.20. The number of hydrogen-bond donors (Lipinski definition) is 1. The highest BCUT2D eigenvalue weighted by Crippen LogP contribution is 2.19. The Morgan fingerprint density at radius 2 is 1.46 bits per heavy atom. The zero-order chi connectivity index (χ0) is 19.2. The van der Waals surface area contributed by atoms with Gasteiger partial charge >= 0.3 is 0 Å². The Morgan fingerprint density at radius 1 is 0.893 bits per heavy atom. The molecule has 148 valence electrons. The number of benzene rings is 1. The number of hydrogen-bond acceptors (Lipinski definition) is 9. The van der Waals surface area contributed by atoms with Crippen LogP contribution in [-0.4, -0.2) is 73.8 Å². The van der Waals surface area contributed by atoms with Crippen molar-refractivity contribution in [1.29, 1.82) is 0 Å². The van der Waals surface area contributed by atoms with Gasteiger partial charge in [0, 0.05) is 36.2 Å². The lowest BCUT2D eigenvalue weighted by Gasteiger charge is -2.30. The van der Waals surface area contributed by atoms with Crippen molar-refractivity contribution in [2.45, 2.75) is 0 Å². The van der Waals surface area contributed by atoms with Crippen LogP contribution in [0.2, 0.25) is 0 Å². The summed E-state index contributed by atoms with van der Waals surface area (Å²) in [5.41, 5.74) is 3.91. The summed E-state index contributed by atoms with van der Waals surface area (Å²) in [5.74, 6) is 1.69. The normalized spacial score (nSPS) is 17.9. The van der Waals surface area contributed by atoms with Crippen molar-refractivity contribution in [2.24, 2.45) is 5.10 Å². The lowest BCUT2D eigenvalue weighted by atomic mass is 10.2. The molecule has 28 heavy (non-hydrogen) atoms. The van der Waals surface area contributed by atoms with Crippen LogP contribution in [0.25, 0.3) is 0 Å². The number of morpholine rings is 2. The molecule has 0 atom stereocenters. The summed E-state index contributed by atoms with van der Waals surface area (Å²) in [6.07, 6.45) is 1.73. The van der Waals surface area contributed by atoms with Gasteiger partial charge in [-0.3, -0.25) is 0 Å². The molecule has 4 rings (SSSR count). The van der Waals surface area contributed by atoms with Gasteiger partial charge < -0.3 is 19.3 Å². The van der Waals surface area contributed by atoms with Crippen LogP contribution in [0, 0.1) is 0 Å². The zero-order valence-electron chi connectivity index (χ0n) is 15.4. The van der Waals surface area contributed by atoms with Gasteiger partial charge in [-0.05, 0) is 6.07 Å². The fourth-order valence-corrected chi connectivity index (χ4v) is 3.34. The van der Waals surface area contributed by atoms with Gasteiger partial charge in [-0.15, -0.1) is 0 Å². The molecule has 2 fully saturated rings. The van der Waals surface area contributed by atoms with E-state index in [4.69, 9.17) is 9.47 Å². The summed E-state index contributed by atoms with van der Waals surface area (Å²) < 4.78 is 11.9. The van der Waals surface area contributed by atoms with E-state index < -0.39 is 0 Å². The van der Waals surface area contributed by atoms with Gasteiger partial charge in [0.15, 0.2) is 0 Å². The molecule has 2 aliphatic heterocycles. The highest BCUT2D eigenvalue weighted by Gasteiger charge is 2.20. The maximum Gasteiger partial charge on any atom is 0.250 e. The van der Waals surface area contributed by atoms with Gasteiger partial charge in [0.25, 0.3) is 0 Å². The van der Waals surface area contributed by atoms with Crippen molar-refractivity contribution in [3.63, 3.8) is 0 Å². The minimum atomic E-state index is 0.418. The summed E-state index contributed by atoms with van der Waals surface area (Å²) in [7, 11) is 0. The smallest absolute Gasteiger partial charge is 0.250 e. The number of hydrazone groups is 1. The van der Waals surface area contributed by atoms with Crippen LogP contribution in [0.1, 0.15) is 5.56 Å². The van der Waals surface area contributed by atoms with E-state index in [-0.39, 0.29) is 0 Å². The van der Waals surface area contributed by atoms with Crippen molar-refractivity contribution in [2.75, 3.05) is 67.8 Å². The Hall–Kier alpha value is -2.30. The van der Waals surface area contributed by atoms with Crippen molar-refractivity contribution < 1.29 is 9.47 Å². The first-order valence-corrected chi connectivity index (χ1v) is 10.0. The van der Waals surface area contributed by atoms with E-state index in [9.17, 15) is 0 Å². The minimum absolute atomic E-state index is 0.418. The van der Waals surface area contributed by atoms with Crippen LogP contribution in [0.4, 0.5) is 17.8 Å². The molecule has 0 radical (unpaired) electrons. The lowest BCUT2D eigenvalue weighted by Crippen LogP contribution is -2.40. The zero-order valence-corrected chi connectivity index (χ0v) is 17.0. The molecule has 2 aliphatic rings. The maximum atomic E-state index is 5.44. The van der Waals surface area contributed by atoms with E-state index in [0.717, 1.165) is 36.2 Å². The average Bonchev–Trinajstić information content (AvgIpc) is 2.76. The molecule has 9 nitrogen and oxygen atoms in total. The highest BCUT2D eigenvalue weighted by atomic mass is 79.9. The number of halogens is 1. The van der Waals surface area contributed by atoms with E-state index in [1.807, 2.05) is 24.3 Å². The van der Waals surface area contributed by atoms with Crippen molar-refractivity contribution in [3.05, 3.63) is 34.3 Å². The summed E-state index contributed by atoms with van der Waals surface area (Å²) >= 11 is 3.51. The molecule has 0 bridgehead atoms. The standard InChI is InChI=1S/C18H22BrN7O2/c19-15-4-2-1-3-14(15)13-20-24-16-21-17(25-5-9-27-10-6-25)23-18(22-16)26-7-11-28-12-8-26/h1-4,13H,5-12H2,(H,21,22,23,24)/b20-13+. The molecule has 1 aromatic carbocycles. The van der Waals surface area contributed by atoms with Crippen molar-refractivity contribution in [3.8, 4) is 0 Å². The van der Waals surface area contributed by atoms with Gasteiger partial charge in [-0.2, -0.15) is 20.1 Å². The monoisotopic (exact) mass is 447 g/mol. The molecule has 2 aromatic rings. The predicted octanol–water partition coefficient (Wildman–Crippen LogP) is 1.75. The maximum absolute atomic E-state index is 5.44. The lowest BCUT2D eigenvalue weighted by molar-refractivity contribution is 0.121. The van der Waals surface area contributed by atoms with Crippen LogP contribution in [0.5, 0.6) is 0 Å². The molecular weight excluding hydrogens is 426 g/mol. The second kappa shape index (κ2) is 9.26. The molecule has 1 aromatic heterocycles. The Bertz CT molecular complexity index is 787. The molecule has 0 saturated carbocycles. The van der Waals surface area contributed by atoms with Crippen molar-refractivity contribution >= 4 is 40.0 Å². The number of nitrogens with zero attached hydrogens (tertiary/aromatic N) is 6. The molecule has 2 saturated heterocycles. The van der Waals surface area contributed by atoms with E-state index >= 15 is 0 Å². The Kier molecular flexibility index (Phi) is 6.30. The quantitative estimate of drug-likeness (QED) is 0.547. The van der Waals surface area contributed by atoms with E-state index in [2.05, 4.69) is 51.2 Å². The Labute approximate surface area is 171 Å². The Morgan fingerprint density at radius 3 is 2.04 bits per heavy atom. The van der Waals surface area contributed by atoms with Gasteiger partial charge in [0.1, 0.15) is 0 Å². The van der Waals surface area contributed by atoms with E-state index in [1.54, 1.807) is 6.21 Å². The third-order valence-electron chi connectivity index (χ3n) is 4.47. The van der Waals surface area contributed by atoms with Crippen LogP contribution in [-0.2, 0) is 9.47 Å². The first kappa shape index (κ1) is 19.0. The van der Waals surface area contributed by atoms with Crippen LogP contribution in [0.3, 0.4) is 0 Å². The number of anilines is 3. The first-order valence-electron chi connectivity index (χ1n) is 9.25. The summed E-state index contributed by atoms with van der Waals surface area (Å²) in [5, 5.41) is 4.30. The fourth-order valence-electron chi connectivity index (χ4n) is 2.95. The molecule has 0 unspecified atom stereocenters. The summed E-state index contributed by atoms with van der Waals surface area (Å²) in [6, 6.07) is 7.87. The molecule has 0 aliphatic carbocycles. The highest BCUT2D eigenvalue weighted by molar-refractivity contribution is 9.10. The average molecular weight is 448 g/mol. The molecular formula is C18H22BrN7O2. The molecule has 1 N–H and O–H groups in total. The second-order valence-electron chi connectivity index (χ2n) is 6.35. The third kappa shape index (κ3) is 4.75. The number of nitrogens with one attached hydrogen (secondary N) is 1. The molecule has 10 heteroatoms. The van der Waals surface area contributed by atoms with Gasteiger partial charge in [0.05, 0.1) is 32.6 Å². The number of aromatic nitrogens is 3. The molecule has 0 spiro atoms. The predicted molar refractivity (Wildman–Crippen MR) is 111 cm³/mol. The Balaban J connectivity index is 1.56.